The van der Waals surface area contributed by atoms with E-state index in [0.29, 0.717) is 6.07 Å². The third-order valence-electron chi connectivity index (χ3n) is 1.91. The third kappa shape index (κ3) is 3.23. The number of benzene rings is 1. The smallest absolute Gasteiger partial charge is 0.289 e. The average molecular weight is 251 g/mol. The van der Waals surface area contributed by atoms with Crippen LogP contribution in [0, 0.1) is 15.9 Å². The van der Waals surface area contributed by atoms with E-state index in [1.54, 1.807) is 0 Å². The lowest BCUT2D eigenvalue weighted by Crippen LogP contribution is -2.24. The molecule has 0 amide bonds. The van der Waals surface area contributed by atoms with E-state index in [4.69, 9.17) is 0 Å². The number of carbonyl (C=O) groups is 1. The molecule has 0 N–H and O–H groups in total. The number of hydrogen-bond donors (Lipinski definition) is 0. The molecule has 0 aliphatic heterocycles. The molecule has 0 aliphatic carbocycles. The second-order valence-electron chi connectivity index (χ2n) is 3.13. The van der Waals surface area contributed by atoms with Crippen molar-refractivity contribution in [2.24, 2.45) is 0 Å². The van der Waals surface area contributed by atoms with Crippen LogP contribution in [0.1, 0.15) is 5.56 Å². The van der Waals surface area contributed by atoms with Gasteiger partial charge in [0.2, 0.25) is 5.78 Å². The molecule has 0 radical (unpaired) electrons. The molecule has 0 saturated carbocycles. The first-order chi connectivity index (χ1) is 7.71. The van der Waals surface area contributed by atoms with E-state index < -0.39 is 40.4 Å². The zero-order valence-electron chi connectivity index (χ0n) is 8.12. The molecule has 1 rings (SSSR count). The maximum atomic E-state index is 13.1. The van der Waals surface area contributed by atoms with Crippen molar-refractivity contribution in [1.29, 1.82) is 0 Å². The van der Waals surface area contributed by atoms with Gasteiger partial charge in [-0.3, -0.25) is 14.9 Å². The van der Waals surface area contributed by atoms with Gasteiger partial charge < -0.3 is 0 Å². The predicted molar refractivity (Wildman–Crippen MR) is 47.8 cm³/mol. The summed E-state index contributed by atoms with van der Waals surface area (Å²) in [5.41, 5.74) is -1.12. The summed E-state index contributed by atoms with van der Waals surface area (Å²) in [6, 6.07) is 2.10. The Labute approximate surface area is 92.0 Å². The molecule has 0 heterocycles. The standard InChI is InChI=1S/C9H5F4NO3/c10-7-4-6(14(16)17)2-1-5(7)3-8(15)9(11,12)13/h1-2,4H,3H2. The van der Waals surface area contributed by atoms with Gasteiger partial charge >= 0.3 is 6.18 Å². The summed E-state index contributed by atoms with van der Waals surface area (Å²) in [5, 5.41) is 10.2. The molecule has 0 atom stereocenters. The quantitative estimate of drug-likeness (QED) is 0.470. The van der Waals surface area contributed by atoms with Crippen molar-refractivity contribution in [2.45, 2.75) is 12.6 Å². The molecule has 1 aromatic carbocycles. The molecule has 17 heavy (non-hydrogen) atoms. The third-order valence-corrected chi connectivity index (χ3v) is 1.91. The Morgan fingerprint density at radius 2 is 1.94 bits per heavy atom. The van der Waals surface area contributed by atoms with Crippen LogP contribution in [0.25, 0.3) is 0 Å². The van der Waals surface area contributed by atoms with E-state index in [9.17, 15) is 32.5 Å². The summed E-state index contributed by atoms with van der Waals surface area (Å²) >= 11 is 0. The molecular weight excluding hydrogens is 246 g/mol. The number of rotatable bonds is 3. The molecule has 0 aromatic heterocycles. The maximum absolute atomic E-state index is 13.1. The second-order valence-corrected chi connectivity index (χ2v) is 3.13. The largest absolute Gasteiger partial charge is 0.450 e. The number of non-ortho nitro benzene ring substituents is 1. The van der Waals surface area contributed by atoms with Crippen LogP contribution >= 0.6 is 0 Å². The van der Waals surface area contributed by atoms with E-state index in [2.05, 4.69) is 0 Å². The number of halogens is 4. The minimum absolute atomic E-state index is 0.471. The Bertz CT molecular complexity index is 470. The zero-order valence-corrected chi connectivity index (χ0v) is 8.12. The van der Waals surface area contributed by atoms with Gasteiger partial charge in [0, 0.05) is 12.5 Å². The topological polar surface area (TPSA) is 60.2 Å². The fraction of sp³-hybridized carbons (Fsp3) is 0.222. The summed E-state index contributed by atoms with van der Waals surface area (Å²) < 4.78 is 48.8. The minimum atomic E-state index is -5.05. The Hall–Kier alpha value is -1.99. The fourth-order valence-corrected chi connectivity index (χ4v) is 1.07. The van der Waals surface area contributed by atoms with Crippen LogP contribution in [-0.2, 0) is 11.2 Å². The van der Waals surface area contributed by atoms with Gasteiger partial charge in [-0.25, -0.2) is 4.39 Å². The van der Waals surface area contributed by atoms with Gasteiger partial charge in [0.15, 0.2) is 0 Å². The van der Waals surface area contributed by atoms with Crippen LogP contribution in [-0.4, -0.2) is 16.9 Å². The van der Waals surface area contributed by atoms with E-state index in [1.165, 1.54) is 0 Å². The summed E-state index contributed by atoms with van der Waals surface area (Å²) in [6.07, 6.45) is -6.22. The molecule has 1 aromatic rings. The number of nitrogens with zero attached hydrogens (tertiary/aromatic N) is 1. The molecular formula is C9H5F4NO3. The van der Waals surface area contributed by atoms with Gasteiger partial charge in [0.25, 0.3) is 5.69 Å². The zero-order chi connectivity index (χ0) is 13.2. The van der Waals surface area contributed by atoms with Gasteiger partial charge in [-0.15, -0.1) is 0 Å². The molecule has 0 spiro atoms. The highest BCUT2D eigenvalue weighted by atomic mass is 19.4. The number of alkyl halides is 3. The molecule has 0 aliphatic rings. The molecule has 0 unspecified atom stereocenters. The molecule has 0 bridgehead atoms. The molecule has 0 fully saturated rings. The van der Waals surface area contributed by atoms with E-state index in [0.717, 1.165) is 12.1 Å². The summed E-state index contributed by atoms with van der Waals surface area (Å²) in [5.74, 6) is -3.32. The van der Waals surface area contributed by atoms with Crippen LogP contribution < -0.4 is 0 Å². The highest BCUT2D eigenvalue weighted by Crippen LogP contribution is 2.22. The Kier molecular flexibility index (Phi) is 3.45. The summed E-state index contributed by atoms with van der Waals surface area (Å²) in [6.45, 7) is 0. The lowest BCUT2D eigenvalue weighted by molar-refractivity contribution is -0.385. The number of nitro groups is 1. The van der Waals surface area contributed by atoms with Gasteiger partial charge in [0.05, 0.1) is 11.0 Å². The second kappa shape index (κ2) is 4.48. The summed E-state index contributed by atoms with van der Waals surface area (Å²) in [7, 11) is 0. The van der Waals surface area contributed by atoms with Crippen molar-refractivity contribution < 1.29 is 27.3 Å². The Morgan fingerprint density at radius 3 is 2.35 bits per heavy atom. The first-order valence-electron chi connectivity index (χ1n) is 4.24. The van der Waals surface area contributed by atoms with E-state index in [-0.39, 0.29) is 0 Å². The highest BCUT2D eigenvalue weighted by Gasteiger charge is 2.38. The summed E-state index contributed by atoms with van der Waals surface area (Å²) in [4.78, 5) is 19.9. The minimum Gasteiger partial charge on any atom is -0.289 e. The molecule has 92 valence electrons. The Morgan fingerprint density at radius 1 is 1.35 bits per heavy atom. The SMILES string of the molecule is O=C(Cc1ccc([N+](=O)[O-])cc1F)C(F)(F)F. The number of nitro benzene ring substituents is 1. The van der Waals surface area contributed by atoms with Gasteiger partial charge in [-0.05, 0) is 11.6 Å². The number of Topliss-reactive ketones (excluding diaryl/α,β-unsaturated/α-hetero) is 1. The van der Waals surface area contributed by atoms with Crippen molar-refractivity contribution in [3.63, 3.8) is 0 Å². The van der Waals surface area contributed by atoms with Crippen molar-refractivity contribution in [1.82, 2.24) is 0 Å². The van der Waals surface area contributed by atoms with Crippen molar-refractivity contribution >= 4 is 11.5 Å². The lowest BCUT2D eigenvalue weighted by Gasteiger charge is -2.05. The molecule has 8 heteroatoms. The van der Waals surface area contributed by atoms with Gasteiger partial charge in [-0.1, -0.05) is 0 Å². The first kappa shape index (κ1) is 13.1. The molecule has 0 saturated heterocycles. The van der Waals surface area contributed by atoms with Crippen LogP contribution in [0.15, 0.2) is 18.2 Å². The van der Waals surface area contributed by atoms with Crippen molar-refractivity contribution in [3.8, 4) is 0 Å². The highest BCUT2D eigenvalue weighted by molar-refractivity contribution is 5.86. The number of carbonyl (C=O) groups excluding carboxylic acids is 1. The predicted octanol–water partition coefficient (Wildman–Crippen LogP) is 2.41. The van der Waals surface area contributed by atoms with E-state index >= 15 is 0 Å². The maximum Gasteiger partial charge on any atom is 0.450 e. The van der Waals surface area contributed by atoms with Crippen LogP contribution in [0.5, 0.6) is 0 Å². The van der Waals surface area contributed by atoms with Gasteiger partial charge in [0.1, 0.15) is 5.82 Å². The van der Waals surface area contributed by atoms with Crippen molar-refractivity contribution in [2.75, 3.05) is 0 Å². The van der Waals surface area contributed by atoms with Crippen LogP contribution in [0.2, 0.25) is 0 Å². The Balaban J connectivity index is 2.95. The number of ketones is 1. The lowest BCUT2D eigenvalue weighted by atomic mass is 10.1. The monoisotopic (exact) mass is 251 g/mol. The fourth-order valence-electron chi connectivity index (χ4n) is 1.07. The van der Waals surface area contributed by atoms with Crippen molar-refractivity contribution in [3.05, 3.63) is 39.7 Å². The van der Waals surface area contributed by atoms with Crippen LogP contribution in [0.4, 0.5) is 23.2 Å². The normalized spacial score (nSPS) is 11.3. The van der Waals surface area contributed by atoms with Crippen LogP contribution in [0.3, 0.4) is 0 Å². The average Bonchev–Trinajstić information content (AvgIpc) is 2.19. The number of hydrogen-bond acceptors (Lipinski definition) is 3. The first-order valence-corrected chi connectivity index (χ1v) is 4.24. The van der Waals surface area contributed by atoms with Gasteiger partial charge in [-0.2, -0.15) is 13.2 Å². The van der Waals surface area contributed by atoms with E-state index in [1.807, 2.05) is 0 Å². The molecule has 4 nitrogen and oxygen atoms in total.